The summed E-state index contributed by atoms with van der Waals surface area (Å²) in [5.41, 5.74) is 3.28. The van der Waals surface area contributed by atoms with Crippen molar-refractivity contribution in [3.8, 4) is 5.75 Å². The highest BCUT2D eigenvalue weighted by molar-refractivity contribution is 6.51. The van der Waals surface area contributed by atoms with Crippen molar-refractivity contribution in [2.45, 2.75) is 45.6 Å². The lowest BCUT2D eigenvalue weighted by Crippen LogP contribution is -2.29. The van der Waals surface area contributed by atoms with Gasteiger partial charge in [-0.1, -0.05) is 61.7 Å². The number of aliphatic hydroxyl groups is 1. The predicted molar refractivity (Wildman–Crippen MR) is 150 cm³/mol. The van der Waals surface area contributed by atoms with Crippen LogP contribution in [0.5, 0.6) is 5.75 Å². The molecule has 1 aliphatic rings. The molecular weight excluding hydrogens is 494 g/mol. The topological polar surface area (TPSA) is 93.1 Å². The number of anilines is 1. The summed E-state index contributed by atoms with van der Waals surface area (Å²) >= 11 is 0. The molecule has 3 aromatic carbocycles. The number of amides is 1. The number of aliphatic hydroxyl groups excluding tert-OH is 1. The van der Waals surface area contributed by atoms with Crippen LogP contribution in [0.3, 0.4) is 0 Å². The quantitative estimate of drug-likeness (QED) is 0.116. The molecule has 1 N–H and O–H groups in total. The number of esters is 1. The third kappa shape index (κ3) is 6.20. The largest absolute Gasteiger partial charge is 0.507 e. The molecule has 0 saturated carbocycles. The Bertz CT molecular complexity index is 1370. The standard InChI is InChI=1S/C32H33NO6/c1-4-5-6-18-39-26-16-12-23(13-17-26)30(35)28-29(24-9-7-8-21(2)19-24)33(32(37)31(28)36)25-14-10-22(11-15-25)20-27(34)38-3/h7-17,19,29,35H,4-6,18,20H2,1-3H3/b30-28-. The highest BCUT2D eigenvalue weighted by atomic mass is 16.5. The predicted octanol–water partition coefficient (Wildman–Crippen LogP) is 5.91. The molecule has 7 nitrogen and oxygen atoms in total. The van der Waals surface area contributed by atoms with Crippen LogP contribution in [-0.4, -0.2) is 36.5 Å². The van der Waals surface area contributed by atoms with Gasteiger partial charge in [0.1, 0.15) is 11.5 Å². The Hall–Kier alpha value is -4.39. The number of hydrogen-bond donors (Lipinski definition) is 1. The van der Waals surface area contributed by atoms with E-state index in [0.29, 0.717) is 34.7 Å². The molecule has 0 spiro atoms. The lowest BCUT2D eigenvalue weighted by molar-refractivity contribution is -0.139. The number of ether oxygens (including phenoxy) is 2. The second-order valence-electron chi connectivity index (χ2n) is 9.58. The van der Waals surface area contributed by atoms with Gasteiger partial charge >= 0.3 is 5.97 Å². The van der Waals surface area contributed by atoms with Crippen molar-refractivity contribution in [2.24, 2.45) is 0 Å². The van der Waals surface area contributed by atoms with Crippen LogP contribution >= 0.6 is 0 Å². The zero-order valence-electron chi connectivity index (χ0n) is 22.5. The third-order valence-electron chi connectivity index (χ3n) is 6.74. The molecule has 1 aliphatic heterocycles. The number of rotatable bonds is 10. The zero-order chi connectivity index (χ0) is 27.9. The van der Waals surface area contributed by atoms with Gasteiger partial charge in [-0.2, -0.15) is 0 Å². The maximum Gasteiger partial charge on any atom is 0.309 e. The van der Waals surface area contributed by atoms with E-state index >= 15 is 0 Å². The molecule has 4 rings (SSSR count). The molecule has 1 atom stereocenters. The molecule has 0 bridgehead atoms. The van der Waals surface area contributed by atoms with Crippen molar-refractivity contribution in [1.29, 1.82) is 0 Å². The van der Waals surface area contributed by atoms with Gasteiger partial charge in [-0.05, 0) is 60.9 Å². The van der Waals surface area contributed by atoms with Crippen molar-refractivity contribution in [1.82, 2.24) is 0 Å². The van der Waals surface area contributed by atoms with Gasteiger partial charge in [-0.25, -0.2) is 0 Å². The summed E-state index contributed by atoms with van der Waals surface area (Å²) in [5.74, 6) is -1.45. The molecule has 1 unspecified atom stereocenters. The Morgan fingerprint density at radius 1 is 0.974 bits per heavy atom. The summed E-state index contributed by atoms with van der Waals surface area (Å²) in [6.45, 7) is 4.66. The van der Waals surface area contributed by atoms with E-state index in [0.717, 1.165) is 24.8 Å². The van der Waals surface area contributed by atoms with Gasteiger partial charge in [0.15, 0.2) is 0 Å². The Labute approximate surface area is 228 Å². The van der Waals surface area contributed by atoms with Crippen molar-refractivity contribution >= 4 is 29.1 Å². The molecule has 1 fully saturated rings. The van der Waals surface area contributed by atoms with E-state index in [-0.39, 0.29) is 23.7 Å². The van der Waals surface area contributed by atoms with E-state index < -0.39 is 17.7 Å². The van der Waals surface area contributed by atoms with E-state index in [1.54, 1.807) is 48.5 Å². The van der Waals surface area contributed by atoms with Gasteiger partial charge in [0, 0.05) is 11.3 Å². The van der Waals surface area contributed by atoms with E-state index in [9.17, 15) is 19.5 Å². The van der Waals surface area contributed by atoms with Crippen LogP contribution < -0.4 is 9.64 Å². The van der Waals surface area contributed by atoms with Crippen LogP contribution in [0.2, 0.25) is 0 Å². The van der Waals surface area contributed by atoms with Gasteiger partial charge in [-0.15, -0.1) is 0 Å². The number of hydrogen-bond acceptors (Lipinski definition) is 6. The van der Waals surface area contributed by atoms with Gasteiger partial charge in [0.25, 0.3) is 11.7 Å². The minimum Gasteiger partial charge on any atom is -0.507 e. The van der Waals surface area contributed by atoms with Crippen LogP contribution in [0.25, 0.3) is 5.76 Å². The Morgan fingerprint density at radius 3 is 2.33 bits per heavy atom. The van der Waals surface area contributed by atoms with E-state index in [1.807, 2.05) is 31.2 Å². The zero-order valence-corrected chi connectivity index (χ0v) is 22.5. The van der Waals surface area contributed by atoms with Crippen LogP contribution in [0, 0.1) is 6.92 Å². The molecule has 1 saturated heterocycles. The Balaban J connectivity index is 1.72. The molecular formula is C32H33NO6. The Kier molecular flexibility index (Phi) is 8.81. The molecule has 1 amide bonds. The summed E-state index contributed by atoms with van der Waals surface area (Å²) in [5, 5.41) is 11.4. The summed E-state index contributed by atoms with van der Waals surface area (Å²) in [6.07, 6.45) is 3.25. The maximum atomic E-state index is 13.4. The first kappa shape index (κ1) is 27.6. The first-order chi connectivity index (χ1) is 18.8. The molecule has 3 aromatic rings. The smallest absolute Gasteiger partial charge is 0.309 e. The number of aryl methyl sites for hydroxylation is 1. The number of benzene rings is 3. The Morgan fingerprint density at radius 2 is 1.69 bits per heavy atom. The van der Waals surface area contributed by atoms with Gasteiger partial charge < -0.3 is 14.6 Å². The van der Waals surface area contributed by atoms with Crippen molar-refractivity contribution < 1.29 is 29.0 Å². The lowest BCUT2D eigenvalue weighted by atomic mass is 9.94. The van der Waals surface area contributed by atoms with E-state index in [1.165, 1.54) is 12.0 Å². The van der Waals surface area contributed by atoms with Crippen LogP contribution in [-0.2, 0) is 25.5 Å². The fraction of sp³-hybridized carbons (Fsp3) is 0.281. The monoisotopic (exact) mass is 527 g/mol. The molecule has 0 radical (unpaired) electrons. The summed E-state index contributed by atoms with van der Waals surface area (Å²) in [7, 11) is 1.33. The number of carbonyl (C=O) groups excluding carboxylic acids is 3. The molecule has 39 heavy (non-hydrogen) atoms. The first-order valence-electron chi connectivity index (χ1n) is 13.1. The number of ketones is 1. The number of nitrogens with zero attached hydrogens (tertiary/aromatic N) is 1. The molecule has 202 valence electrons. The maximum absolute atomic E-state index is 13.4. The average Bonchev–Trinajstić information content (AvgIpc) is 3.21. The van der Waals surface area contributed by atoms with Crippen molar-refractivity contribution in [2.75, 3.05) is 18.6 Å². The van der Waals surface area contributed by atoms with Gasteiger partial charge in [-0.3, -0.25) is 19.3 Å². The molecule has 0 aliphatic carbocycles. The highest BCUT2D eigenvalue weighted by Crippen LogP contribution is 2.42. The summed E-state index contributed by atoms with van der Waals surface area (Å²) in [4.78, 5) is 39.9. The SMILES string of the molecule is CCCCCOc1ccc(/C(O)=C2/C(=O)C(=O)N(c3ccc(CC(=O)OC)cc3)C2c2cccc(C)c2)cc1. The second-order valence-corrected chi connectivity index (χ2v) is 9.58. The summed E-state index contributed by atoms with van der Waals surface area (Å²) in [6, 6.07) is 20.4. The van der Waals surface area contributed by atoms with Crippen LogP contribution in [0.15, 0.2) is 78.4 Å². The highest BCUT2D eigenvalue weighted by Gasteiger charge is 2.47. The van der Waals surface area contributed by atoms with E-state index in [4.69, 9.17) is 9.47 Å². The minimum absolute atomic E-state index is 0.0147. The van der Waals surface area contributed by atoms with Crippen molar-refractivity contribution in [3.63, 3.8) is 0 Å². The number of Topliss-reactive ketones (excluding diaryl/α,β-unsaturated/α-hetero) is 1. The van der Waals surface area contributed by atoms with Gasteiger partial charge in [0.05, 0.1) is 31.8 Å². The third-order valence-corrected chi connectivity index (χ3v) is 6.74. The first-order valence-corrected chi connectivity index (χ1v) is 13.1. The second kappa shape index (κ2) is 12.4. The number of methoxy groups -OCH3 is 1. The minimum atomic E-state index is -0.832. The van der Waals surface area contributed by atoms with Crippen LogP contribution in [0.1, 0.15) is 54.5 Å². The molecule has 1 heterocycles. The average molecular weight is 528 g/mol. The normalized spacial score (nSPS) is 16.4. The fourth-order valence-electron chi connectivity index (χ4n) is 4.67. The number of carbonyl (C=O) groups is 3. The molecule has 0 aromatic heterocycles. The summed E-state index contributed by atoms with van der Waals surface area (Å²) < 4.78 is 10.5. The van der Waals surface area contributed by atoms with Crippen molar-refractivity contribution in [3.05, 3.63) is 101 Å². The van der Waals surface area contributed by atoms with E-state index in [2.05, 4.69) is 6.92 Å². The lowest BCUT2D eigenvalue weighted by Gasteiger charge is -2.26. The molecule has 7 heteroatoms. The number of unbranched alkanes of at least 4 members (excludes halogenated alkanes) is 2. The fourth-order valence-corrected chi connectivity index (χ4v) is 4.67. The van der Waals surface area contributed by atoms with Gasteiger partial charge in [0.2, 0.25) is 0 Å². The van der Waals surface area contributed by atoms with Crippen LogP contribution in [0.4, 0.5) is 5.69 Å².